The minimum atomic E-state index is 0.651. The van der Waals surface area contributed by atoms with Crippen molar-refractivity contribution in [2.75, 3.05) is 12.8 Å². The molecule has 0 radical (unpaired) electrons. The molecule has 3 heteroatoms. The lowest BCUT2D eigenvalue weighted by Gasteiger charge is -2.36. The zero-order chi connectivity index (χ0) is 9.26. The number of thioether (sulfide) groups is 1. The van der Waals surface area contributed by atoms with Crippen LogP contribution in [0.25, 0.3) is 0 Å². The number of nitrogens with one attached hydrogen (secondary N) is 1. The van der Waals surface area contributed by atoms with Crippen molar-refractivity contribution in [2.45, 2.75) is 11.3 Å². The molecule has 1 heterocycles. The van der Waals surface area contributed by atoms with Gasteiger partial charge in [-0.1, -0.05) is 28.1 Å². The van der Waals surface area contributed by atoms with E-state index in [0.717, 1.165) is 4.47 Å². The fraction of sp³-hybridized carbons (Fsp3) is 0.400. The molecule has 1 fully saturated rings. The lowest BCUT2D eigenvalue weighted by Crippen LogP contribution is -2.40. The topological polar surface area (TPSA) is 12.0 Å². The summed E-state index contributed by atoms with van der Waals surface area (Å²) in [5, 5.41) is 3.98. The summed E-state index contributed by atoms with van der Waals surface area (Å²) in [5.74, 6) is 1.23. The molecule has 0 bridgehead atoms. The molecule has 70 valence electrons. The Kier molecular flexibility index (Phi) is 2.96. The highest BCUT2D eigenvalue weighted by molar-refractivity contribution is 9.10. The van der Waals surface area contributed by atoms with E-state index in [9.17, 15) is 0 Å². The van der Waals surface area contributed by atoms with Crippen LogP contribution in [0.2, 0.25) is 0 Å². The second kappa shape index (κ2) is 4.03. The van der Waals surface area contributed by atoms with Crippen molar-refractivity contribution < 1.29 is 0 Å². The monoisotopic (exact) mass is 257 g/mol. The molecule has 0 spiro atoms. The predicted octanol–water partition coefficient (Wildman–Crippen LogP) is 2.83. The quantitative estimate of drug-likeness (QED) is 0.875. The summed E-state index contributed by atoms with van der Waals surface area (Å²) >= 11 is 5.46. The molecular formula is C10H12BrNS. The fourth-order valence-corrected chi connectivity index (χ4v) is 3.00. The number of benzene rings is 1. The first-order valence-electron chi connectivity index (χ1n) is 4.35. The van der Waals surface area contributed by atoms with E-state index in [1.807, 2.05) is 18.8 Å². The van der Waals surface area contributed by atoms with Gasteiger partial charge in [-0.15, -0.1) is 0 Å². The molecule has 1 aromatic carbocycles. The molecule has 1 aromatic rings. The summed E-state index contributed by atoms with van der Waals surface area (Å²) in [6.07, 6.45) is 0. The van der Waals surface area contributed by atoms with Crippen molar-refractivity contribution in [3.05, 3.63) is 34.3 Å². The van der Waals surface area contributed by atoms with Gasteiger partial charge < -0.3 is 5.32 Å². The number of hydrogen-bond acceptors (Lipinski definition) is 2. The maximum Gasteiger partial charge on any atom is 0.0459 e. The maximum absolute atomic E-state index is 3.44. The van der Waals surface area contributed by atoms with Crippen LogP contribution in [0.5, 0.6) is 0 Å². The van der Waals surface area contributed by atoms with Gasteiger partial charge in [-0.3, -0.25) is 0 Å². The molecule has 1 N–H and O–H groups in total. The second-order valence-electron chi connectivity index (χ2n) is 3.20. The molecule has 0 amide bonds. The van der Waals surface area contributed by atoms with E-state index in [0.29, 0.717) is 11.3 Å². The molecule has 0 aromatic heterocycles. The summed E-state index contributed by atoms with van der Waals surface area (Å²) in [7, 11) is 2.04. The highest BCUT2D eigenvalue weighted by Gasteiger charge is 2.31. The van der Waals surface area contributed by atoms with Crippen molar-refractivity contribution in [3.8, 4) is 0 Å². The summed E-state index contributed by atoms with van der Waals surface area (Å²) in [6, 6.07) is 9.28. The van der Waals surface area contributed by atoms with E-state index in [4.69, 9.17) is 0 Å². The highest BCUT2D eigenvalue weighted by atomic mass is 79.9. The molecule has 2 rings (SSSR count). The first-order chi connectivity index (χ1) is 6.31. The Balaban J connectivity index is 2.12. The van der Waals surface area contributed by atoms with Gasteiger partial charge in [0.2, 0.25) is 0 Å². The first-order valence-corrected chi connectivity index (χ1v) is 6.20. The largest absolute Gasteiger partial charge is 0.315 e. The van der Waals surface area contributed by atoms with Gasteiger partial charge in [0.25, 0.3) is 0 Å². The first kappa shape index (κ1) is 9.56. The fourth-order valence-electron chi connectivity index (χ4n) is 1.50. The lowest BCUT2D eigenvalue weighted by atomic mass is 10.1. The third kappa shape index (κ3) is 1.92. The number of rotatable bonds is 2. The van der Waals surface area contributed by atoms with Crippen LogP contribution in [-0.4, -0.2) is 18.8 Å². The Morgan fingerprint density at radius 2 is 2.08 bits per heavy atom. The van der Waals surface area contributed by atoms with Crippen LogP contribution in [0.15, 0.2) is 28.7 Å². The summed E-state index contributed by atoms with van der Waals surface area (Å²) < 4.78 is 1.15. The third-order valence-electron chi connectivity index (χ3n) is 2.39. The van der Waals surface area contributed by atoms with E-state index >= 15 is 0 Å². The number of likely N-dealkylation sites (N-methyl/N-ethyl adjacent to an activating group) is 1. The van der Waals surface area contributed by atoms with Crippen molar-refractivity contribution in [3.63, 3.8) is 0 Å². The van der Waals surface area contributed by atoms with Crippen LogP contribution in [-0.2, 0) is 0 Å². The summed E-state index contributed by atoms with van der Waals surface area (Å²) in [5.41, 5.74) is 1.43. The molecule has 0 saturated carbocycles. The van der Waals surface area contributed by atoms with Gasteiger partial charge >= 0.3 is 0 Å². The maximum atomic E-state index is 3.44. The zero-order valence-electron chi connectivity index (χ0n) is 7.46. The standard InChI is InChI=1S/C10H12BrNS/c1-12-9-6-13-10(9)7-2-4-8(11)5-3-7/h2-5,9-10,12H,6H2,1H3. The lowest BCUT2D eigenvalue weighted by molar-refractivity contribution is 0.573. The van der Waals surface area contributed by atoms with Gasteiger partial charge in [0.1, 0.15) is 0 Å². The van der Waals surface area contributed by atoms with E-state index in [-0.39, 0.29) is 0 Å². The van der Waals surface area contributed by atoms with Gasteiger partial charge in [0.15, 0.2) is 0 Å². The molecule has 1 nitrogen and oxygen atoms in total. The van der Waals surface area contributed by atoms with Gasteiger partial charge in [0, 0.05) is 21.5 Å². The van der Waals surface area contributed by atoms with Gasteiger partial charge in [-0.05, 0) is 24.7 Å². The molecule has 1 aliphatic heterocycles. The van der Waals surface area contributed by atoms with Crippen molar-refractivity contribution in [1.29, 1.82) is 0 Å². The van der Waals surface area contributed by atoms with Gasteiger partial charge in [-0.25, -0.2) is 0 Å². The van der Waals surface area contributed by atoms with Crippen molar-refractivity contribution >= 4 is 27.7 Å². The van der Waals surface area contributed by atoms with Crippen molar-refractivity contribution in [2.24, 2.45) is 0 Å². The Hall–Kier alpha value is 0.01000. The summed E-state index contributed by atoms with van der Waals surface area (Å²) in [6.45, 7) is 0. The molecular weight excluding hydrogens is 246 g/mol. The second-order valence-corrected chi connectivity index (χ2v) is 5.29. The van der Waals surface area contributed by atoms with Gasteiger partial charge in [-0.2, -0.15) is 11.8 Å². The molecule has 1 aliphatic rings. The Bertz CT molecular complexity index is 283. The predicted molar refractivity (Wildman–Crippen MR) is 62.2 cm³/mol. The molecule has 2 unspecified atom stereocenters. The van der Waals surface area contributed by atoms with Crippen LogP contribution < -0.4 is 5.32 Å². The Labute approximate surface area is 91.4 Å². The molecule has 0 aliphatic carbocycles. The van der Waals surface area contributed by atoms with E-state index in [1.165, 1.54) is 11.3 Å². The molecule has 13 heavy (non-hydrogen) atoms. The number of halogens is 1. The van der Waals surface area contributed by atoms with Crippen molar-refractivity contribution in [1.82, 2.24) is 5.32 Å². The average molecular weight is 258 g/mol. The van der Waals surface area contributed by atoms with Crippen LogP contribution >= 0.6 is 27.7 Å². The SMILES string of the molecule is CNC1CSC1c1ccc(Br)cc1. The average Bonchev–Trinajstić information content (AvgIpc) is 2.08. The molecule has 2 atom stereocenters. The minimum Gasteiger partial charge on any atom is -0.315 e. The van der Waals surface area contributed by atoms with Crippen LogP contribution in [0.3, 0.4) is 0 Å². The van der Waals surface area contributed by atoms with Crippen LogP contribution in [0.4, 0.5) is 0 Å². The minimum absolute atomic E-state index is 0.651. The summed E-state index contributed by atoms with van der Waals surface area (Å²) in [4.78, 5) is 0. The zero-order valence-corrected chi connectivity index (χ0v) is 9.86. The molecule has 1 saturated heterocycles. The van der Waals surface area contributed by atoms with Crippen LogP contribution in [0, 0.1) is 0 Å². The van der Waals surface area contributed by atoms with Crippen LogP contribution in [0.1, 0.15) is 10.8 Å². The highest BCUT2D eigenvalue weighted by Crippen LogP contribution is 2.42. The third-order valence-corrected chi connectivity index (χ3v) is 4.43. The smallest absolute Gasteiger partial charge is 0.0459 e. The number of hydrogen-bond donors (Lipinski definition) is 1. The Morgan fingerprint density at radius 1 is 1.38 bits per heavy atom. The van der Waals surface area contributed by atoms with E-state index in [2.05, 4.69) is 45.5 Å². The normalized spacial score (nSPS) is 26.9. The van der Waals surface area contributed by atoms with E-state index in [1.54, 1.807) is 0 Å². The van der Waals surface area contributed by atoms with Gasteiger partial charge in [0.05, 0.1) is 0 Å². The Morgan fingerprint density at radius 3 is 2.54 bits per heavy atom. The van der Waals surface area contributed by atoms with E-state index < -0.39 is 0 Å².